The summed E-state index contributed by atoms with van der Waals surface area (Å²) in [5, 5.41) is 7.19. The van der Waals surface area contributed by atoms with Gasteiger partial charge in [0.2, 0.25) is 5.91 Å². The number of benzene rings is 2. The molecule has 138 valence electrons. The minimum Gasteiger partial charge on any atom is -0.496 e. The molecule has 0 aliphatic rings. The van der Waals surface area contributed by atoms with Crippen LogP contribution in [0.1, 0.15) is 22.3 Å². The molecule has 5 heteroatoms. The summed E-state index contributed by atoms with van der Waals surface area (Å²) in [7, 11) is 1.62. The lowest BCUT2D eigenvalue weighted by atomic mass is 10.1. The van der Waals surface area contributed by atoms with Crippen molar-refractivity contribution in [3.05, 3.63) is 89.3 Å². The zero-order valence-electron chi connectivity index (χ0n) is 15.6. The molecule has 2 aromatic carbocycles. The maximum Gasteiger partial charge on any atom is 0.244 e. The van der Waals surface area contributed by atoms with Crippen LogP contribution >= 0.6 is 0 Å². The van der Waals surface area contributed by atoms with Crippen LogP contribution in [-0.4, -0.2) is 22.8 Å². The Labute approximate surface area is 159 Å². The summed E-state index contributed by atoms with van der Waals surface area (Å²) < 4.78 is 7.20. The SMILES string of the molecule is COc1ccc(C)cc1/C=C/C(=O)NCc1ccccc1Cn1cccn1. The molecule has 0 saturated carbocycles. The first-order valence-corrected chi connectivity index (χ1v) is 8.80. The number of amides is 1. The molecule has 3 aromatic rings. The van der Waals surface area contributed by atoms with Crippen LogP contribution in [0.2, 0.25) is 0 Å². The molecule has 0 atom stereocenters. The molecule has 5 nitrogen and oxygen atoms in total. The van der Waals surface area contributed by atoms with Gasteiger partial charge in [0.25, 0.3) is 0 Å². The van der Waals surface area contributed by atoms with Crippen molar-refractivity contribution in [2.75, 3.05) is 7.11 Å². The third kappa shape index (κ3) is 5.07. The molecule has 3 rings (SSSR count). The standard InChI is InChI=1S/C22H23N3O2/c1-17-8-10-21(27-2)18(14-17)9-11-22(26)23-15-19-6-3-4-7-20(19)16-25-13-5-12-24-25/h3-14H,15-16H2,1-2H3,(H,23,26)/b11-9+. The highest BCUT2D eigenvalue weighted by Gasteiger charge is 2.05. The predicted molar refractivity (Wildman–Crippen MR) is 106 cm³/mol. The molecule has 0 saturated heterocycles. The maximum absolute atomic E-state index is 12.2. The number of hydrogen-bond donors (Lipinski definition) is 1. The van der Waals surface area contributed by atoms with E-state index in [2.05, 4.69) is 16.5 Å². The molecule has 0 unspecified atom stereocenters. The fraction of sp³-hybridized carbons (Fsp3) is 0.182. The van der Waals surface area contributed by atoms with E-state index in [1.165, 1.54) is 6.08 Å². The third-order valence-electron chi connectivity index (χ3n) is 4.26. The number of nitrogens with one attached hydrogen (secondary N) is 1. The van der Waals surface area contributed by atoms with Crippen LogP contribution in [-0.2, 0) is 17.9 Å². The Morgan fingerprint density at radius 3 is 2.74 bits per heavy atom. The summed E-state index contributed by atoms with van der Waals surface area (Å²) in [6, 6.07) is 15.8. The van der Waals surface area contributed by atoms with Crippen molar-refractivity contribution in [1.29, 1.82) is 0 Å². The molecule has 0 radical (unpaired) electrons. The van der Waals surface area contributed by atoms with Crippen molar-refractivity contribution in [2.45, 2.75) is 20.0 Å². The summed E-state index contributed by atoms with van der Waals surface area (Å²) in [5.41, 5.74) is 4.20. The lowest BCUT2D eigenvalue weighted by Crippen LogP contribution is -2.21. The van der Waals surface area contributed by atoms with Crippen molar-refractivity contribution in [3.8, 4) is 5.75 Å². The summed E-state index contributed by atoms with van der Waals surface area (Å²) in [6.45, 7) is 3.15. The third-order valence-corrected chi connectivity index (χ3v) is 4.26. The molecule has 0 fully saturated rings. The number of methoxy groups -OCH3 is 1. The van der Waals surface area contributed by atoms with Crippen LogP contribution in [0.15, 0.2) is 67.0 Å². The van der Waals surface area contributed by atoms with Crippen LogP contribution in [0.3, 0.4) is 0 Å². The van der Waals surface area contributed by atoms with Gasteiger partial charge in [0, 0.05) is 30.6 Å². The lowest BCUT2D eigenvalue weighted by molar-refractivity contribution is -0.116. The molecule has 0 aliphatic carbocycles. The van der Waals surface area contributed by atoms with Crippen molar-refractivity contribution >= 4 is 12.0 Å². The summed E-state index contributed by atoms with van der Waals surface area (Å²) >= 11 is 0. The van der Waals surface area contributed by atoms with E-state index in [0.717, 1.165) is 28.0 Å². The van der Waals surface area contributed by atoms with E-state index in [1.807, 2.05) is 60.3 Å². The maximum atomic E-state index is 12.2. The quantitative estimate of drug-likeness (QED) is 0.655. The second-order valence-corrected chi connectivity index (χ2v) is 6.27. The van der Waals surface area contributed by atoms with Crippen LogP contribution in [0, 0.1) is 6.92 Å². The van der Waals surface area contributed by atoms with Crippen molar-refractivity contribution in [1.82, 2.24) is 15.1 Å². The fourth-order valence-corrected chi connectivity index (χ4v) is 2.84. The smallest absolute Gasteiger partial charge is 0.244 e. The van der Waals surface area contributed by atoms with E-state index in [-0.39, 0.29) is 5.91 Å². The van der Waals surface area contributed by atoms with Crippen LogP contribution in [0.4, 0.5) is 0 Å². The number of rotatable bonds is 7. The van der Waals surface area contributed by atoms with Crippen molar-refractivity contribution < 1.29 is 9.53 Å². The van der Waals surface area contributed by atoms with Gasteiger partial charge in [-0.2, -0.15) is 5.10 Å². The van der Waals surface area contributed by atoms with E-state index in [4.69, 9.17) is 4.74 Å². The summed E-state index contributed by atoms with van der Waals surface area (Å²) in [5.74, 6) is 0.599. The first kappa shape index (κ1) is 18.5. The van der Waals surface area contributed by atoms with Crippen molar-refractivity contribution in [3.63, 3.8) is 0 Å². The van der Waals surface area contributed by atoms with Crippen LogP contribution in [0.5, 0.6) is 5.75 Å². The van der Waals surface area contributed by atoms with Gasteiger partial charge in [0.05, 0.1) is 13.7 Å². The largest absolute Gasteiger partial charge is 0.496 e. The molecule has 1 aromatic heterocycles. The van der Waals surface area contributed by atoms with Gasteiger partial charge in [0.15, 0.2) is 0 Å². The second kappa shape index (κ2) is 8.85. The molecular formula is C22H23N3O2. The van der Waals surface area contributed by atoms with E-state index in [0.29, 0.717) is 13.1 Å². The van der Waals surface area contributed by atoms with E-state index in [9.17, 15) is 4.79 Å². The Balaban J connectivity index is 1.64. The van der Waals surface area contributed by atoms with Gasteiger partial charge >= 0.3 is 0 Å². The van der Waals surface area contributed by atoms with Gasteiger partial charge in [-0.15, -0.1) is 0 Å². The highest BCUT2D eigenvalue weighted by molar-refractivity contribution is 5.92. The number of nitrogens with zero attached hydrogens (tertiary/aromatic N) is 2. The van der Waals surface area contributed by atoms with Gasteiger partial charge < -0.3 is 10.1 Å². The van der Waals surface area contributed by atoms with Crippen LogP contribution in [0.25, 0.3) is 6.08 Å². The first-order valence-electron chi connectivity index (χ1n) is 8.80. The molecule has 0 aliphatic heterocycles. The molecular weight excluding hydrogens is 338 g/mol. The highest BCUT2D eigenvalue weighted by atomic mass is 16.5. The number of carbonyl (C=O) groups excluding carboxylic acids is 1. The van der Waals surface area contributed by atoms with E-state index >= 15 is 0 Å². The van der Waals surface area contributed by atoms with Crippen molar-refractivity contribution in [2.24, 2.45) is 0 Å². The fourth-order valence-electron chi connectivity index (χ4n) is 2.84. The number of aromatic nitrogens is 2. The van der Waals surface area contributed by atoms with E-state index < -0.39 is 0 Å². The van der Waals surface area contributed by atoms with Crippen LogP contribution < -0.4 is 10.1 Å². The Morgan fingerprint density at radius 1 is 1.19 bits per heavy atom. The molecule has 0 bridgehead atoms. The Kier molecular flexibility index (Phi) is 6.05. The zero-order chi connectivity index (χ0) is 19.1. The monoisotopic (exact) mass is 361 g/mol. The minimum atomic E-state index is -0.146. The molecule has 1 heterocycles. The topological polar surface area (TPSA) is 56.1 Å². The number of ether oxygens (including phenoxy) is 1. The molecule has 1 N–H and O–H groups in total. The van der Waals surface area contributed by atoms with Gasteiger partial charge in [-0.05, 0) is 42.3 Å². The Morgan fingerprint density at radius 2 is 2.00 bits per heavy atom. The highest BCUT2D eigenvalue weighted by Crippen LogP contribution is 2.20. The molecule has 27 heavy (non-hydrogen) atoms. The number of hydrogen-bond acceptors (Lipinski definition) is 3. The van der Waals surface area contributed by atoms with E-state index in [1.54, 1.807) is 19.4 Å². The zero-order valence-corrected chi connectivity index (χ0v) is 15.6. The second-order valence-electron chi connectivity index (χ2n) is 6.27. The minimum absolute atomic E-state index is 0.146. The van der Waals surface area contributed by atoms with Gasteiger partial charge in [-0.3, -0.25) is 9.48 Å². The average Bonchev–Trinajstić information content (AvgIpc) is 3.19. The predicted octanol–water partition coefficient (Wildman–Crippen LogP) is 3.58. The van der Waals surface area contributed by atoms with Gasteiger partial charge in [-0.1, -0.05) is 35.9 Å². The van der Waals surface area contributed by atoms with Gasteiger partial charge in [-0.25, -0.2) is 0 Å². The molecule has 1 amide bonds. The Hall–Kier alpha value is -3.34. The Bertz CT molecular complexity index is 930. The average molecular weight is 361 g/mol. The summed E-state index contributed by atoms with van der Waals surface area (Å²) in [4.78, 5) is 12.2. The lowest BCUT2D eigenvalue weighted by Gasteiger charge is -2.10. The molecule has 0 spiro atoms. The number of carbonyl (C=O) groups is 1. The number of aryl methyl sites for hydroxylation is 1. The summed E-state index contributed by atoms with van der Waals surface area (Å²) in [6.07, 6.45) is 6.99. The normalized spacial score (nSPS) is 10.9. The first-order chi connectivity index (χ1) is 13.2. The van der Waals surface area contributed by atoms with Gasteiger partial charge in [0.1, 0.15) is 5.75 Å².